The van der Waals surface area contributed by atoms with E-state index in [0.717, 1.165) is 0 Å². The first-order chi connectivity index (χ1) is 8.52. The third-order valence-corrected chi connectivity index (χ3v) is 2.17. The maximum atomic E-state index is 11.4. The van der Waals surface area contributed by atoms with Crippen molar-refractivity contribution in [2.24, 2.45) is 0 Å². The number of rotatable bonds is 5. The van der Waals surface area contributed by atoms with Gasteiger partial charge >= 0.3 is 0 Å². The summed E-state index contributed by atoms with van der Waals surface area (Å²) in [4.78, 5) is 21.4. The number of amides is 1. The molecule has 0 saturated heterocycles. The normalized spacial score (nSPS) is 12.3. The number of benzene rings is 1. The van der Waals surface area contributed by atoms with Crippen LogP contribution in [0.15, 0.2) is 30.3 Å². The van der Waals surface area contributed by atoms with Crippen LogP contribution in [-0.2, 0) is 4.79 Å². The Morgan fingerprint density at radius 1 is 1.61 bits per heavy atom. The maximum Gasteiger partial charge on any atom is 0.270 e. The second kappa shape index (κ2) is 6.51. The standard InChI is InChI=1S/C12H14N2O4/c1-9(8-15)13-12(16)6-5-10-3-2-4-11(7-10)14(17)18/h2-7,9,15H,8H2,1H3,(H,13,16)/b6-5+/t9-/m0/s1. The van der Waals surface area contributed by atoms with Gasteiger partial charge in [-0.2, -0.15) is 0 Å². The van der Waals surface area contributed by atoms with Crippen molar-refractivity contribution in [1.82, 2.24) is 5.32 Å². The maximum absolute atomic E-state index is 11.4. The van der Waals surface area contributed by atoms with E-state index in [9.17, 15) is 14.9 Å². The van der Waals surface area contributed by atoms with E-state index in [-0.39, 0.29) is 24.2 Å². The van der Waals surface area contributed by atoms with E-state index < -0.39 is 4.92 Å². The highest BCUT2D eigenvalue weighted by Gasteiger charge is 2.05. The molecule has 1 aromatic rings. The van der Waals surface area contributed by atoms with Crippen LogP contribution < -0.4 is 5.32 Å². The van der Waals surface area contributed by atoms with Crippen molar-refractivity contribution in [3.63, 3.8) is 0 Å². The van der Waals surface area contributed by atoms with E-state index >= 15 is 0 Å². The number of carbonyl (C=O) groups excluding carboxylic acids is 1. The first-order valence-corrected chi connectivity index (χ1v) is 5.37. The molecule has 2 N–H and O–H groups in total. The highest BCUT2D eigenvalue weighted by molar-refractivity contribution is 5.91. The first-order valence-electron chi connectivity index (χ1n) is 5.37. The van der Waals surface area contributed by atoms with Gasteiger partial charge in [-0.15, -0.1) is 0 Å². The Labute approximate surface area is 104 Å². The molecule has 0 heterocycles. The topological polar surface area (TPSA) is 92.5 Å². The highest BCUT2D eigenvalue weighted by Crippen LogP contribution is 2.13. The van der Waals surface area contributed by atoms with Gasteiger partial charge in [-0.25, -0.2) is 0 Å². The summed E-state index contributed by atoms with van der Waals surface area (Å²) in [5.41, 5.74) is 0.539. The van der Waals surface area contributed by atoms with Crippen LogP contribution in [0, 0.1) is 10.1 Å². The predicted molar refractivity (Wildman–Crippen MR) is 66.8 cm³/mol. The minimum absolute atomic E-state index is 0.0266. The third kappa shape index (κ3) is 4.34. The number of nitro benzene ring substituents is 1. The zero-order valence-corrected chi connectivity index (χ0v) is 9.87. The lowest BCUT2D eigenvalue weighted by atomic mass is 10.2. The number of aliphatic hydroxyl groups excluding tert-OH is 1. The van der Waals surface area contributed by atoms with E-state index in [4.69, 9.17) is 5.11 Å². The van der Waals surface area contributed by atoms with Crippen LogP contribution in [0.2, 0.25) is 0 Å². The molecular formula is C12H14N2O4. The second-order valence-electron chi connectivity index (χ2n) is 3.78. The fourth-order valence-corrected chi connectivity index (χ4v) is 1.25. The van der Waals surface area contributed by atoms with Gasteiger partial charge in [-0.1, -0.05) is 12.1 Å². The molecule has 0 spiro atoms. The van der Waals surface area contributed by atoms with E-state index in [2.05, 4.69) is 5.32 Å². The van der Waals surface area contributed by atoms with E-state index in [1.807, 2.05) is 0 Å². The van der Waals surface area contributed by atoms with Crippen LogP contribution in [0.5, 0.6) is 0 Å². The van der Waals surface area contributed by atoms with Crippen molar-refractivity contribution in [2.75, 3.05) is 6.61 Å². The SMILES string of the molecule is C[C@@H](CO)NC(=O)/C=C/c1cccc([N+](=O)[O-])c1. The van der Waals surface area contributed by atoms with Gasteiger partial charge in [0, 0.05) is 24.3 Å². The molecule has 0 radical (unpaired) electrons. The van der Waals surface area contributed by atoms with Crippen LogP contribution in [0.1, 0.15) is 12.5 Å². The highest BCUT2D eigenvalue weighted by atomic mass is 16.6. The molecule has 1 atom stereocenters. The Kier molecular flexibility index (Phi) is 5.01. The Balaban J connectivity index is 2.69. The lowest BCUT2D eigenvalue weighted by molar-refractivity contribution is -0.384. The molecule has 1 amide bonds. The number of nitro groups is 1. The van der Waals surface area contributed by atoms with Crippen LogP contribution in [-0.4, -0.2) is 28.6 Å². The van der Waals surface area contributed by atoms with Crippen molar-refractivity contribution in [2.45, 2.75) is 13.0 Å². The van der Waals surface area contributed by atoms with Crippen LogP contribution in [0.3, 0.4) is 0 Å². The van der Waals surface area contributed by atoms with Crippen molar-refractivity contribution in [3.05, 3.63) is 46.0 Å². The molecule has 0 aliphatic rings. The molecule has 1 aromatic carbocycles. The molecule has 0 bridgehead atoms. The Bertz CT molecular complexity index is 471. The van der Waals surface area contributed by atoms with E-state index in [1.54, 1.807) is 19.1 Å². The lowest BCUT2D eigenvalue weighted by Gasteiger charge is -2.07. The molecule has 0 saturated carbocycles. The largest absolute Gasteiger partial charge is 0.394 e. The number of non-ortho nitro benzene ring substituents is 1. The number of hydrogen-bond donors (Lipinski definition) is 2. The minimum atomic E-state index is -0.495. The van der Waals surface area contributed by atoms with Gasteiger partial charge in [-0.05, 0) is 18.6 Å². The third-order valence-electron chi connectivity index (χ3n) is 2.17. The van der Waals surface area contributed by atoms with E-state index in [1.165, 1.54) is 24.3 Å². The molecule has 0 fully saturated rings. The van der Waals surface area contributed by atoms with Crippen molar-refractivity contribution >= 4 is 17.7 Å². The Morgan fingerprint density at radius 2 is 2.33 bits per heavy atom. The van der Waals surface area contributed by atoms with Gasteiger partial charge in [0.25, 0.3) is 5.69 Å². The molecule has 0 aromatic heterocycles. The fourth-order valence-electron chi connectivity index (χ4n) is 1.25. The smallest absolute Gasteiger partial charge is 0.270 e. The predicted octanol–water partition coefficient (Wildman–Crippen LogP) is 1.11. The quantitative estimate of drug-likeness (QED) is 0.465. The van der Waals surface area contributed by atoms with Crippen molar-refractivity contribution in [1.29, 1.82) is 0 Å². The molecule has 6 heteroatoms. The average molecular weight is 250 g/mol. The van der Waals surface area contributed by atoms with Gasteiger partial charge in [-0.3, -0.25) is 14.9 Å². The number of aliphatic hydroxyl groups is 1. The summed E-state index contributed by atoms with van der Waals surface area (Å²) in [7, 11) is 0. The monoisotopic (exact) mass is 250 g/mol. The summed E-state index contributed by atoms with van der Waals surface area (Å²) in [6.07, 6.45) is 2.75. The number of nitrogens with one attached hydrogen (secondary N) is 1. The Morgan fingerprint density at radius 3 is 2.94 bits per heavy atom. The van der Waals surface area contributed by atoms with Gasteiger partial charge in [0.15, 0.2) is 0 Å². The first kappa shape index (κ1) is 13.9. The lowest BCUT2D eigenvalue weighted by Crippen LogP contribution is -2.33. The summed E-state index contributed by atoms with van der Waals surface area (Å²) in [5.74, 6) is -0.358. The van der Waals surface area contributed by atoms with Crippen molar-refractivity contribution < 1.29 is 14.8 Å². The number of carbonyl (C=O) groups is 1. The molecule has 96 valence electrons. The molecule has 0 aliphatic heterocycles. The fraction of sp³-hybridized carbons (Fsp3) is 0.250. The zero-order chi connectivity index (χ0) is 13.5. The summed E-state index contributed by atoms with van der Waals surface area (Å²) in [6.45, 7) is 1.52. The van der Waals surface area contributed by atoms with Crippen LogP contribution in [0.25, 0.3) is 6.08 Å². The average Bonchev–Trinajstić information content (AvgIpc) is 2.36. The van der Waals surface area contributed by atoms with Gasteiger partial charge < -0.3 is 10.4 Å². The number of nitrogens with zero attached hydrogens (tertiary/aromatic N) is 1. The van der Waals surface area contributed by atoms with Crippen molar-refractivity contribution in [3.8, 4) is 0 Å². The molecule has 1 rings (SSSR count). The van der Waals surface area contributed by atoms with Gasteiger partial charge in [0.05, 0.1) is 11.5 Å². The van der Waals surface area contributed by atoms with Crippen LogP contribution in [0.4, 0.5) is 5.69 Å². The Hall–Kier alpha value is -2.21. The molecular weight excluding hydrogens is 236 g/mol. The summed E-state index contributed by atoms with van der Waals surface area (Å²) in [5, 5.41) is 21.8. The molecule has 0 aliphatic carbocycles. The summed E-state index contributed by atoms with van der Waals surface area (Å²) in [6, 6.07) is 5.63. The molecule has 6 nitrogen and oxygen atoms in total. The van der Waals surface area contributed by atoms with Gasteiger partial charge in [0.2, 0.25) is 5.91 Å². The zero-order valence-electron chi connectivity index (χ0n) is 9.87. The summed E-state index contributed by atoms with van der Waals surface area (Å²) < 4.78 is 0. The molecule has 18 heavy (non-hydrogen) atoms. The van der Waals surface area contributed by atoms with E-state index in [0.29, 0.717) is 5.56 Å². The number of hydrogen-bond acceptors (Lipinski definition) is 4. The molecule has 0 unspecified atom stereocenters. The minimum Gasteiger partial charge on any atom is -0.394 e. The second-order valence-corrected chi connectivity index (χ2v) is 3.78. The summed E-state index contributed by atoms with van der Waals surface area (Å²) >= 11 is 0. The van der Waals surface area contributed by atoms with Crippen LogP contribution >= 0.6 is 0 Å². The van der Waals surface area contributed by atoms with Gasteiger partial charge in [0.1, 0.15) is 0 Å².